The van der Waals surface area contributed by atoms with Crippen molar-refractivity contribution in [1.29, 1.82) is 0 Å². The molecule has 5 nitrogen and oxygen atoms in total. The van der Waals surface area contributed by atoms with Crippen LogP contribution in [0.25, 0.3) is 0 Å². The second-order valence-electron chi connectivity index (χ2n) is 1.51. The molecule has 0 atom stereocenters. The fourth-order valence-corrected chi connectivity index (χ4v) is 0.478. The summed E-state index contributed by atoms with van der Waals surface area (Å²) < 4.78 is 0. The largest absolute Gasteiger partial charge is 0.352 e. The number of hydrogen-bond donors (Lipinski definition) is 2. The molecule has 0 saturated carbocycles. The average molecular weight is 127 g/mol. The van der Waals surface area contributed by atoms with Crippen LogP contribution in [0.3, 0.4) is 0 Å². The molecule has 48 valence electrons. The summed E-state index contributed by atoms with van der Waals surface area (Å²) in [6.07, 6.45) is 1.25. The van der Waals surface area contributed by atoms with Crippen molar-refractivity contribution in [3.63, 3.8) is 0 Å². The molecule has 0 saturated heterocycles. The van der Waals surface area contributed by atoms with Gasteiger partial charge in [-0.3, -0.25) is 4.79 Å². The van der Waals surface area contributed by atoms with Gasteiger partial charge >= 0.3 is 0 Å². The monoisotopic (exact) mass is 127 g/mol. The molecule has 4 N–H and O–H groups in total. The summed E-state index contributed by atoms with van der Waals surface area (Å²) in [4.78, 5) is 13.0. The Labute approximate surface area is 50.9 Å². The molecular formula is C4H7N4O+. The van der Waals surface area contributed by atoms with Crippen molar-refractivity contribution < 1.29 is 5.73 Å². The number of aromatic nitrogens is 3. The van der Waals surface area contributed by atoms with E-state index in [4.69, 9.17) is 0 Å². The van der Waals surface area contributed by atoms with Crippen LogP contribution in [0.1, 0.15) is 5.69 Å². The first-order valence-electron chi connectivity index (χ1n) is 2.53. The molecule has 0 bridgehead atoms. The van der Waals surface area contributed by atoms with E-state index >= 15 is 0 Å². The topological polar surface area (TPSA) is 86.3 Å². The van der Waals surface area contributed by atoms with Crippen molar-refractivity contribution in [2.45, 2.75) is 6.54 Å². The lowest BCUT2D eigenvalue weighted by molar-refractivity contribution is -0.387. The average Bonchev–Trinajstić information content (AvgIpc) is 1.89. The number of nitrogens with zero attached hydrogens (tertiary/aromatic N) is 2. The van der Waals surface area contributed by atoms with E-state index in [-0.39, 0.29) is 5.56 Å². The third-order valence-electron chi connectivity index (χ3n) is 0.931. The summed E-state index contributed by atoms with van der Waals surface area (Å²) in [6.45, 7) is 0.378. The number of hydrogen-bond acceptors (Lipinski definition) is 3. The summed E-state index contributed by atoms with van der Waals surface area (Å²) in [5.74, 6) is 0. The highest BCUT2D eigenvalue weighted by molar-refractivity contribution is 4.87. The third kappa shape index (κ3) is 1.11. The minimum absolute atomic E-state index is 0.208. The van der Waals surface area contributed by atoms with Gasteiger partial charge in [0.25, 0.3) is 5.56 Å². The number of H-pyrrole nitrogens is 1. The van der Waals surface area contributed by atoms with Gasteiger partial charge in [-0.15, -0.1) is 10.2 Å². The molecule has 1 rings (SSSR count). The maximum atomic E-state index is 10.7. The van der Waals surface area contributed by atoms with Gasteiger partial charge in [0.05, 0.1) is 0 Å². The second kappa shape index (κ2) is 2.36. The molecule has 1 heterocycles. The Morgan fingerprint density at radius 1 is 1.78 bits per heavy atom. The second-order valence-corrected chi connectivity index (χ2v) is 1.51. The third-order valence-corrected chi connectivity index (χ3v) is 0.931. The summed E-state index contributed by atoms with van der Waals surface area (Å²) >= 11 is 0. The highest BCUT2D eigenvalue weighted by atomic mass is 16.1. The zero-order valence-electron chi connectivity index (χ0n) is 4.79. The molecule has 0 aliphatic rings. The molecule has 1 aromatic rings. The molecule has 0 fully saturated rings. The van der Waals surface area contributed by atoms with Gasteiger partial charge in [0.15, 0.2) is 5.69 Å². The lowest BCUT2D eigenvalue weighted by Crippen LogP contribution is -2.49. The molecule has 5 heteroatoms. The van der Waals surface area contributed by atoms with Crippen LogP contribution in [0.5, 0.6) is 0 Å². The van der Waals surface area contributed by atoms with E-state index in [1.54, 1.807) is 0 Å². The number of aromatic amines is 1. The highest BCUT2D eigenvalue weighted by Gasteiger charge is 1.96. The predicted octanol–water partition coefficient (Wildman–Crippen LogP) is -2.09. The lowest BCUT2D eigenvalue weighted by Gasteiger charge is -1.85. The van der Waals surface area contributed by atoms with Crippen LogP contribution in [-0.2, 0) is 6.54 Å². The maximum Gasteiger partial charge on any atom is 0.278 e. The van der Waals surface area contributed by atoms with E-state index in [2.05, 4.69) is 20.9 Å². The molecule has 0 aliphatic carbocycles. The number of nitrogens with one attached hydrogen (secondary N) is 1. The molecule has 1 aromatic heterocycles. The van der Waals surface area contributed by atoms with Crippen molar-refractivity contribution >= 4 is 0 Å². The van der Waals surface area contributed by atoms with Gasteiger partial charge in [-0.25, -0.2) is 0 Å². The number of quaternary nitrogens is 1. The molecule has 0 aromatic carbocycles. The van der Waals surface area contributed by atoms with Crippen molar-refractivity contribution in [2.75, 3.05) is 0 Å². The van der Waals surface area contributed by atoms with E-state index in [9.17, 15) is 4.79 Å². The van der Waals surface area contributed by atoms with Crippen molar-refractivity contribution in [2.24, 2.45) is 0 Å². The zero-order chi connectivity index (χ0) is 6.69. The van der Waals surface area contributed by atoms with Gasteiger partial charge in [0, 0.05) is 0 Å². The van der Waals surface area contributed by atoms with Crippen molar-refractivity contribution in [3.8, 4) is 0 Å². The summed E-state index contributed by atoms with van der Waals surface area (Å²) in [6, 6.07) is 0. The Hall–Kier alpha value is -1.23. The molecule has 0 aliphatic heterocycles. The van der Waals surface area contributed by atoms with E-state index in [1.807, 2.05) is 0 Å². The smallest absolute Gasteiger partial charge is 0.278 e. The van der Waals surface area contributed by atoms with Gasteiger partial charge in [-0.2, -0.15) is 0 Å². The van der Waals surface area contributed by atoms with Crippen LogP contribution in [0, 0.1) is 0 Å². The minimum atomic E-state index is -0.208. The van der Waals surface area contributed by atoms with Crippen LogP contribution >= 0.6 is 0 Å². The fraction of sp³-hybridized carbons (Fsp3) is 0.250. The molecule has 0 radical (unpaired) electrons. The van der Waals surface area contributed by atoms with Crippen LogP contribution < -0.4 is 11.3 Å². The van der Waals surface area contributed by atoms with Crippen molar-refractivity contribution in [3.05, 3.63) is 22.4 Å². The standard InChI is InChI=1S/C4H6N4O/c5-1-3-4(9)6-2-7-8-3/h2H,1,5H2,(H,6,7,9)/p+1. The SMILES string of the molecule is [NH3+]Cc1nnc[nH]c1=O. The van der Waals surface area contributed by atoms with E-state index < -0.39 is 0 Å². The fourth-order valence-electron chi connectivity index (χ4n) is 0.478. The molecule has 9 heavy (non-hydrogen) atoms. The number of rotatable bonds is 1. The predicted molar refractivity (Wildman–Crippen MR) is 29.2 cm³/mol. The van der Waals surface area contributed by atoms with E-state index in [1.165, 1.54) is 6.33 Å². The summed E-state index contributed by atoms with van der Waals surface area (Å²) in [5, 5.41) is 7.01. The molecule has 0 spiro atoms. The quantitative estimate of drug-likeness (QED) is 0.453. The Morgan fingerprint density at radius 3 is 3.00 bits per heavy atom. The lowest BCUT2D eigenvalue weighted by atomic mass is 10.5. The first-order valence-corrected chi connectivity index (χ1v) is 2.53. The van der Waals surface area contributed by atoms with Gasteiger partial charge in [-0.05, 0) is 0 Å². The molecule has 0 amide bonds. The first-order chi connectivity index (χ1) is 4.34. The summed E-state index contributed by atoms with van der Waals surface area (Å²) in [5.41, 5.74) is 3.66. The van der Waals surface area contributed by atoms with Crippen molar-refractivity contribution in [1.82, 2.24) is 15.2 Å². The normalized spacial score (nSPS) is 9.44. The zero-order valence-corrected chi connectivity index (χ0v) is 4.79. The van der Waals surface area contributed by atoms with Gasteiger partial charge < -0.3 is 10.7 Å². The van der Waals surface area contributed by atoms with Crippen LogP contribution in [-0.4, -0.2) is 15.2 Å². The Morgan fingerprint density at radius 2 is 2.56 bits per heavy atom. The Kier molecular flexibility index (Phi) is 1.55. The maximum absolute atomic E-state index is 10.7. The van der Waals surface area contributed by atoms with Crippen LogP contribution in [0.15, 0.2) is 11.1 Å². The van der Waals surface area contributed by atoms with E-state index in [0.717, 1.165) is 0 Å². The van der Waals surface area contributed by atoms with Crippen LogP contribution in [0.2, 0.25) is 0 Å². The Bertz CT molecular complexity index is 242. The molecule has 0 unspecified atom stereocenters. The highest BCUT2D eigenvalue weighted by Crippen LogP contribution is 1.70. The minimum Gasteiger partial charge on any atom is -0.352 e. The first kappa shape index (κ1) is 5.90. The van der Waals surface area contributed by atoms with Gasteiger partial charge in [-0.1, -0.05) is 0 Å². The van der Waals surface area contributed by atoms with Gasteiger partial charge in [0.1, 0.15) is 12.9 Å². The van der Waals surface area contributed by atoms with E-state index in [0.29, 0.717) is 12.2 Å². The molecular weight excluding hydrogens is 120 g/mol. The summed E-state index contributed by atoms with van der Waals surface area (Å²) in [7, 11) is 0. The Balaban J connectivity index is 3.16. The van der Waals surface area contributed by atoms with Crippen LogP contribution in [0.4, 0.5) is 0 Å². The van der Waals surface area contributed by atoms with Gasteiger partial charge in [0.2, 0.25) is 0 Å².